The van der Waals surface area contributed by atoms with Crippen LogP contribution in [0.15, 0.2) is 42.5 Å². The monoisotopic (exact) mass is 476 g/mol. The summed E-state index contributed by atoms with van der Waals surface area (Å²) in [6.07, 6.45) is 0.947. The number of halogens is 1. The lowest BCUT2D eigenvalue weighted by Crippen LogP contribution is -2.32. The third-order valence-corrected chi connectivity index (χ3v) is 6.44. The van der Waals surface area contributed by atoms with E-state index < -0.39 is 5.82 Å². The Balaban J connectivity index is 1.41. The molecule has 2 aromatic carbocycles. The first-order valence-corrected chi connectivity index (χ1v) is 11.9. The Kier molecular flexibility index (Phi) is 6.25. The van der Waals surface area contributed by atoms with E-state index in [1.165, 1.54) is 6.07 Å². The molecule has 1 atom stereocenters. The van der Waals surface area contributed by atoms with Crippen LogP contribution in [-0.2, 0) is 6.54 Å². The van der Waals surface area contributed by atoms with Crippen molar-refractivity contribution in [3.63, 3.8) is 0 Å². The Morgan fingerprint density at radius 3 is 2.80 bits per heavy atom. The van der Waals surface area contributed by atoms with Crippen LogP contribution < -0.4 is 15.0 Å². The van der Waals surface area contributed by atoms with Crippen LogP contribution in [0.5, 0.6) is 11.5 Å². The van der Waals surface area contributed by atoms with E-state index in [1.807, 2.05) is 32.9 Å². The van der Waals surface area contributed by atoms with Gasteiger partial charge in [-0.25, -0.2) is 9.07 Å². The highest BCUT2D eigenvalue weighted by Gasteiger charge is 2.27. The maximum absolute atomic E-state index is 15.0. The van der Waals surface area contributed by atoms with E-state index in [9.17, 15) is 9.50 Å². The Labute approximate surface area is 203 Å². The Morgan fingerprint density at radius 2 is 2.03 bits per heavy atom. The van der Waals surface area contributed by atoms with Crippen molar-refractivity contribution in [1.82, 2.24) is 25.3 Å². The highest BCUT2D eigenvalue weighted by atomic mass is 19.1. The molecule has 2 N–H and O–H groups in total. The van der Waals surface area contributed by atoms with Gasteiger partial charge >= 0.3 is 0 Å². The van der Waals surface area contributed by atoms with Crippen molar-refractivity contribution >= 4 is 16.7 Å². The number of rotatable bonds is 7. The lowest BCUT2D eigenvalue weighted by Gasteiger charge is -2.18. The topological polar surface area (TPSA) is 88.3 Å². The lowest BCUT2D eigenvalue weighted by atomic mass is 10.2. The Morgan fingerprint density at radius 1 is 1.17 bits per heavy atom. The van der Waals surface area contributed by atoms with Gasteiger partial charge in [0.25, 0.3) is 0 Å². The largest absolute Gasteiger partial charge is 0.508 e. The molecule has 3 heterocycles. The van der Waals surface area contributed by atoms with Crippen LogP contribution >= 0.6 is 0 Å². The molecule has 8 nitrogen and oxygen atoms in total. The molecule has 1 aliphatic rings. The van der Waals surface area contributed by atoms with Crippen molar-refractivity contribution in [2.75, 3.05) is 24.6 Å². The van der Waals surface area contributed by atoms with Crippen LogP contribution in [0.1, 0.15) is 30.3 Å². The van der Waals surface area contributed by atoms with E-state index in [-0.39, 0.29) is 11.8 Å². The zero-order valence-corrected chi connectivity index (χ0v) is 20.1. The molecular weight excluding hydrogens is 447 g/mol. The number of ether oxygens (including phenoxy) is 1. The third-order valence-electron chi connectivity index (χ3n) is 6.44. The highest BCUT2D eigenvalue weighted by Crippen LogP contribution is 2.32. The first kappa shape index (κ1) is 23.0. The normalized spacial score (nSPS) is 15.8. The average molecular weight is 477 g/mol. The van der Waals surface area contributed by atoms with Gasteiger partial charge in [-0.3, -0.25) is 0 Å². The molecule has 0 amide bonds. The number of nitrogens with zero attached hydrogens (tertiary/aromatic N) is 5. The molecule has 4 aromatic rings. The minimum atomic E-state index is -0.399. The van der Waals surface area contributed by atoms with Crippen LogP contribution in [-0.4, -0.2) is 50.8 Å². The number of aryl methyl sites for hydroxylation is 2. The smallest absolute Gasteiger partial charge is 0.179 e. The first-order chi connectivity index (χ1) is 16.9. The average Bonchev–Trinajstić information content (AvgIpc) is 3.44. The van der Waals surface area contributed by atoms with Crippen molar-refractivity contribution in [1.29, 1.82) is 0 Å². The predicted molar refractivity (Wildman–Crippen MR) is 133 cm³/mol. The van der Waals surface area contributed by atoms with E-state index in [2.05, 4.69) is 20.4 Å². The molecule has 0 aliphatic carbocycles. The third kappa shape index (κ3) is 4.51. The second-order valence-electron chi connectivity index (χ2n) is 8.86. The second kappa shape index (κ2) is 9.50. The van der Waals surface area contributed by atoms with Gasteiger partial charge in [0.15, 0.2) is 11.6 Å². The predicted octanol–water partition coefficient (Wildman–Crippen LogP) is 4.04. The molecule has 5 rings (SSSR count). The molecule has 1 saturated heterocycles. The van der Waals surface area contributed by atoms with Gasteiger partial charge in [0.1, 0.15) is 22.7 Å². The summed E-state index contributed by atoms with van der Waals surface area (Å²) >= 11 is 0. The van der Waals surface area contributed by atoms with Gasteiger partial charge in [0.2, 0.25) is 0 Å². The second-order valence-corrected chi connectivity index (χ2v) is 8.86. The number of nitrogens with one attached hydrogen (secondary N) is 1. The van der Waals surface area contributed by atoms with Gasteiger partial charge < -0.3 is 20.1 Å². The van der Waals surface area contributed by atoms with E-state index in [0.29, 0.717) is 30.4 Å². The fourth-order valence-electron chi connectivity index (χ4n) is 4.72. The molecule has 2 aromatic heterocycles. The van der Waals surface area contributed by atoms with Crippen LogP contribution in [0.2, 0.25) is 0 Å². The zero-order chi connectivity index (χ0) is 24.5. The number of hydrogen-bond acceptors (Lipinski definition) is 7. The van der Waals surface area contributed by atoms with Crippen molar-refractivity contribution in [2.24, 2.45) is 0 Å². The summed E-state index contributed by atoms with van der Waals surface area (Å²) in [6.45, 7) is 8.41. The van der Waals surface area contributed by atoms with Gasteiger partial charge in [0, 0.05) is 31.7 Å². The molecule has 0 radical (unpaired) electrons. The minimum absolute atomic E-state index is 0.266. The number of aromatic nitrogens is 4. The van der Waals surface area contributed by atoms with Crippen LogP contribution in [0, 0.1) is 19.7 Å². The Hall–Kier alpha value is -3.72. The lowest BCUT2D eigenvalue weighted by molar-refractivity contribution is 0.338. The summed E-state index contributed by atoms with van der Waals surface area (Å²) in [6, 6.07) is 12.4. The Bertz CT molecular complexity index is 1370. The number of benzene rings is 2. The van der Waals surface area contributed by atoms with Gasteiger partial charge in [-0.1, -0.05) is 12.1 Å². The first-order valence-electron chi connectivity index (χ1n) is 11.9. The van der Waals surface area contributed by atoms with E-state index >= 15 is 0 Å². The molecule has 0 bridgehead atoms. The van der Waals surface area contributed by atoms with E-state index in [0.717, 1.165) is 47.4 Å². The van der Waals surface area contributed by atoms with Crippen molar-refractivity contribution < 1.29 is 14.2 Å². The summed E-state index contributed by atoms with van der Waals surface area (Å²) in [7, 11) is 0. The number of aromatic hydroxyl groups is 1. The number of hydrogen-bond donors (Lipinski definition) is 2. The van der Waals surface area contributed by atoms with Gasteiger partial charge in [-0.15, -0.1) is 5.10 Å². The molecule has 0 saturated carbocycles. The number of phenols is 1. The number of anilines is 1. The van der Waals surface area contributed by atoms with Gasteiger partial charge in [0.05, 0.1) is 23.4 Å². The quantitative estimate of drug-likeness (QED) is 0.416. The summed E-state index contributed by atoms with van der Waals surface area (Å²) in [5.41, 5.74) is 3.69. The van der Waals surface area contributed by atoms with Gasteiger partial charge in [-0.05, 0) is 57.0 Å². The zero-order valence-electron chi connectivity index (χ0n) is 20.1. The summed E-state index contributed by atoms with van der Waals surface area (Å²) in [5, 5.41) is 27.8. The van der Waals surface area contributed by atoms with E-state index in [1.54, 1.807) is 28.9 Å². The van der Waals surface area contributed by atoms with Crippen LogP contribution in [0.4, 0.5) is 10.2 Å². The fourth-order valence-corrected chi connectivity index (χ4v) is 4.72. The summed E-state index contributed by atoms with van der Waals surface area (Å²) in [5.74, 6) is 1.07. The molecule has 182 valence electrons. The molecule has 1 aliphatic heterocycles. The highest BCUT2D eigenvalue weighted by molar-refractivity contribution is 5.92. The fraction of sp³-hybridized carbons (Fsp3) is 0.346. The van der Waals surface area contributed by atoms with Crippen LogP contribution in [0.25, 0.3) is 16.6 Å². The summed E-state index contributed by atoms with van der Waals surface area (Å²) < 4.78 is 22.0. The van der Waals surface area contributed by atoms with Crippen molar-refractivity contribution in [3.8, 4) is 17.2 Å². The van der Waals surface area contributed by atoms with Crippen molar-refractivity contribution in [3.05, 3.63) is 65.2 Å². The standard InChI is InChI=1S/C26H29FN6O2/c1-4-35-21-8-9-23(22(27)13-21)33-17(3)24-16(2)29-30-26(25(24)31-33)32-11-10-19(15-32)28-14-18-6-5-7-20(34)12-18/h5-9,12-13,19,28,34H,4,10-11,14-15H2,1-3H3/t19-/m0/s1. The molecule has 9 heteroatoms. The van der Waals surface area contributed by atoms with E-state index in [4.69, 9.17) is 9.84 Å². The SMILES string of the molecule is CCOc1ccc(-n2nc3c(N4CC[C@H](NCc5cccc(O)c5)C4)nnc(C)c3c2C)c(F)c1. The molecule has 0 unspecified atom stereocenters. The number of fused-ring (bicyclic) bond motifs is 1. The number of phenolic OH excluding ortho intramolecular Hbond substituents is 1. The minimum Gasteiger partial charge on any atom is -0.508 e. The van der Waals surface area contributed by atoms with Crippen LogP contribution in [0.3, 0.4) is 0 Å². The molecule has 1 fully saturated rings. The summed E-state index contributed by atoms with van der Waals surface area (Å²) in [4.78, 5) is 2.18. The maximum Gasteiger partial charge on any atom is 0.179 e. The van der Waals surface area contributed by atoms with Crippen molar-refractivity contribution in [2.45, 2.75) is 39.8 Å². The molecular formula is C26H29FN6O2. The molecule has 35 heavy (non-hydrogen) atoms. The maximum atomic E-state index is 15.0. The molecule has 0 spiro atoms. The van der Waals surface area contributed by atoms with Gasteiger partial charge in [-0.2, -0.15) is 10.2 Å².